The third kappa shape index (κ3) is 4.06. The van der Waals surface area contributed by atoms with Crippen molar-refractivity contribution in [2.24, 2.45) is 5.10 Å². The van der Waals surface area contributed by atoms with Crippen LogP contribution in [0.4, 0.5) is 0 Å². The van der Waals surface area contributed by atoms with E-state index in [0.29, 0.717) is 45.5 Å². The maximum absolute atomic E-state index is 12.9. The molecule has 0 amide bonds. The Bertz CT molecular complexity index is 1090. The minimum Gasteiger partial charge on any atom is -0.504 e. The second kappa shape index (κ2) is 8.22. The number of hydrogen-bond acceptors (Lipinski definition) is 5. The molecule has 1 aromatic heterocycles. The number of fused-ring (bicyclic) bond motifs is 1. The molecule has 0 saturated heterocycles. The number of aromatic hydroxyl groups is 1. The van der Waals surface area contributed by atoms with Crippen LogP contribution in [-0.4, -0.2) is 27.6 Å². The van der Waals surface area contributed by atoms with Gasteiger partial charge in [0.1, 0.15) is 5.82 Å². The molecule has 0 aliphatic rings. The molecule has 27 heavy (non-hydrogen) atoms. The Balaban J connectivity index is 2.12. The normalized spacial score (nSPS) is 11.4. The fourth-order valence-corrected chi connectivity index (χ4v) is 3.39. The monoisotopic (exact) mass is 493 g/mol. The van der Waals surface area contributed by atoms with Gasteiger partial charge < -0.3 is 9.84 Å². The van der Waals surface area contributed by atoms with Gasteiger partial charge in [0.2, 0.25) is 0 Å². The number of rotatable bonds is 5. The maximum Gasteiger partial charge on any atom is 0.282 e. The first-order valence-corrected chi connectivity index (χ1v) is 9.94. The Labute approximate surface area is 172 Å². The topological polar surface area (TPSA) is 76.7 Å². The highest BCUT2D eigenvalue weighted by Crippen LogP contribution is 2.32. The molecular weight excluding hydrogens is 478 g/mol. The van der Waals surface area contributed by atoms with Crippen LogP contribution in [0.5, 0.6) is 11.5 Å². The lowest BCUT2D eigenvalue weighted by Crippen LogP contribution is -2.22. The molecule has 1 heterocycles. The van der Waals surface area contributed by atoms with Gasteiger partial charge in [0.05, 0.1) is 23.7 Å². The van der Waals surface area contributed by atoms with Gasteiger partial charge in [0.15, 0.2) is 11.5 Å². The highest BCUT2D eigenvalue weighted by Gasteiger charge is 2.11. The number of aryl methyl sites for hydroxylation is 1. The van der Waals surface area contributed by atoms with E-state index in [9.17, 15) is 9.90 Å². The molecule has 0 unspecified atom stereocenters. The van der Waals surface area contributed by atoms with Crippen molar-refractivity contribution in [1.29, 1.82) is 0 Å². The van der Waals surface area contributed by atoms with Crippen LogP contribution in [0.15, 0.2) is 49.2 Å². The van der Waals surface area contributed by atoms with Gasteiger partial charge in [-0.15, -0.1) is 0 Å². The van der Waals surface area contributed by atoms with Crippen LogP contribution in [-0.2, 0) is 6.42 Å². The summed E-state index contributed by atoms with van der Waals surface area (Å²) in [6.07, 6.45) is 2.09. The minimum absolute atomic E-state index is 0.0320. The zero-order valence-electron chi connectivity index (χ0n) is 14.7. The quantitative estimate of drug-likeness (QED) is 0.531. The second-order valence-electron chi connectivity index (χ2n) is 5.68. The van der Waals surface area contributed by atoms with Crippen molar-refractivity contribution in [2.45, 2.75) is 20.3 Å². The summed E-state index contributed by atoms with van der Waals surface area (Å²) in [5.41, 5.74) is 1.06. The number of ether oxygens (including phenoxy) is 1. The molecule has 0 bridgehead atoms. The van der Waals surface area contributed by atoms with E-state index >= 15 is 0 Å². The summed E-state index contributed by atoms with van der Waals surface area (Å²) in [6, 6.07) is 8.59. The molecule has 3 rings (SSSR count). The van der Waals surface area contributed by atoms with E-state index in [2.05, 4.69) is 41.9 Å². The van der Waals surface area contributed by atoms with Gasteiger partial charge in [0, 0.05) is 20.9 Å². The van der Waals surface area contributed by atoms with Crippen LogP contribution in [0.1, 0.15) is 25.2 Å². The number of aromatic nitrogens is 2. The Morgan fingerprint density at radius 3 is 2.74 bits per heavy atom. The number of hydrogen-bond donors (Lipinski definition) is 1. The van der Waals surface area contributed by atoms with E-state index in [-0.39, 0.29) is 11.3 Å². The summed E-state index contributed by atoms with van der Waals surface area (Å²) in [4.78, 5) is 17.4. The van der Waals surface area contributed by atoms with Crippen LogP contribution < -0.4 is 10.3 Å². The summed E-state index contributed by atoms with van der Waals surface area (Å²) >= 11 is 6.78. The lowest BCUT2D eigenvalue weighted by atomic mass is 10.2. The number of phenols is 1. The summed E-state index contributed by atoms with van der Waals surface area (Å²) < 4.78 is 8.14. The SMILES string of the molecule is CCOc1cc(C=Nn2c(CC)nc3ccc(Br)cc3c2=O)c(Br)cc1O. The maximum atomic E-state index is 12.9. The molecule has 1 N–H and O–H groups in total. The largest absolute Gasteiger partial charge is 0.504 e. The Morgan fingerprint density at radius 1 is 1.26 bits per heavy atom. The third-order valence-corrected chi connectivity index (χ3v) is 5.06. The Hall–Kier alpha value is -2.19. The minimum atomic E-state index is -0.241. The molecule has 0 aliphatic heterocycles. The van der Waals surface area contributed by atoms with Crippen molar-refractivity contribution in [3.63, 3.8) is 0 Å². The lowest BCUT2D eigenvalue weighted by molar-refractivity contribution is 0.318. The first-order valence-electron chi connectivity index (χ1n) is 8.35. The number of benzene rings is 2. The van der Waals surface area contributed by atoms with Gasteiger partial charge in [0.25, 0.3) is 5.56 Å². The summed E-state index contributed by atoms with van der Waals surface area (Å²) in [6.45, 7) is 4.18. The molecule has 0 fully saturated rings. The first kappa shape index (κ1) is 19.6. The number of phenolic OH excluding ortho intramolecular Hbond substituents is 1. The highest BCUT2D eigenvalue weighted by atomic mass is 79.9. The van der Waals surface area contributed by atoms with E-state index in [1.807, 2.05) is 19.9 Å². The predicted octanol–water partition coefficient (Wildman–Crippen LogP) is 4.47. The molecule has 8 heteroatoms. The van der Waals surface area contributed by atoms with Crippen LogP contribution in [0.3, 0.4) is 0 Å². The zero-order chi connectivity index (χ0) is 19.6. The molecule has 3 aromatic rings. The van der Waals surface area contributed by atoms with Crippen molar-refractivity contribution in [3.8, 4) is 11.5 Å². The fourth-order valence-electron chi connectivity index (χ4n) is 2.59. The summed E-state index contributed by atoms with van der Waals surface area (Å²) in [5.74, 6) is 0.946. The Kier molecular flexibility index (Phi) is 5.96. The third-order valence-electron chi connectivity index (χ3n) is 3.88. The molecule has 0 spiro atoms. The van der Waals surface area contributed by atoms with E-state index < -0.39 is 0 Å². The van der Waals surface area contributed by atoms with Gasteiger partial charge in [-0.3, -0.25) is 4.79 Å². The zero-order valence-corrected chi connectivity index (χ0v) is 17.9. The molecule has 6 nitrogen and oxygen atoms in total. The molecule has 2 aromatic carbocycles. The number of nitrogens with zero attached hydrogens (tertiary/aromatic N) is 3. The smallest absolute Gasteiger partial charge is 0.282 e. The molecule has 0 atom stereocenters. The summed E-state index contributed by atoms with van der Waals surface area (Å²) in [5, 5.41) is 14.8. The van der Waals surface area contributed by atoms with Crippen LogP contribution >= 0.6 is 31.9 Å². The first-order chi connectivity index (χ1) is 12.9. The van der Waals surface area contributed by atoms with Crippen molar-refractivity contribution in [3.05, 3.63) is 61.0 Å². The van der Waals surface area contributed by atoms with Crippen molar-refractivity contribution < 1.29 is 9.84 Å². The van der Waals surface area contributed by atoms with Crippen LogP contribution in [0.2, 0.25) is 0 Å². The van der Waals surface area contributed by atoms with Crippen molar-refractivity contribution in [2.75, 3.05) is 6.61 Å². The molecule has 0 radical (unpaired) electrons. The molecule has 140 valence electrons. The van der Waals surface area contributed by atoms with Crippen LogP contribution in [0, 0.1) is 0 Å². The van der Waals surface area contributed by atoms with E-state index in [1.165, 1.54) is 17.0 Å². The predicted molar refractivity (Wildman–Crippen MR) is 113 cm³/mol. The fraction of sp³-hybridized carbons (Fsp3) is 0.211. The van der Waals surface area contributed by atoms with Gasteiger partial charge >= 0.3 is 0 Å². The second-order valence-corrected chi connectivity index (χ2v) is 7.45. The van der Waals surface area contributed by atoms with E-state index in [0.717, 1.165) is 4.47 Å². The van der Waals surface area contributed by atoms with Gasteiger partial charge in [-0.1, -0.05) is 22.9 Å². The van der Waals surface area contributed by atoms with Crippen LogP contribution in [0.25, 0.3) is 10.9 Å². The summed E-state index contributed by atoms with van der Waals surface area (Å²) in [7, 11) is 0. The number of halogens is 2. The van der Waals surface area contributed by atoms with Crippen molar-refractivity contribution in [1.82, 2.24) is 9.66 Å². The molecule has 0 saturated carbocycles. The van der Waals surface area contributed by atoms with E-state index in [1.54, 1.807) is 18.2 Å². The standard InChI is InChI=1S/C19H17Br2N3O3/c1-3-18-23-15-6-5-12(20)8-13(15)19(26)24(18)22-10-11-7-17(27-4-2)16(25)9-14(11)21/h5-10,25H,3-4H2,1-2H3. The highest BCUT2D eigenvalue weighted by molar-refractivity contribution is 9.10. The van der Waals surface area contributed by atoms with Gasteiger partial charge in [-0.2, -0.15) is 9.78 Å². The molecule has 0 aliphatic carbocycles. The molecular formula is C19H17Br2N3O3. The van der Waals surface area contributed by atoms with E-state index in [4.69, 9.17) is 4.74 Å². The Morgan fingerprint density at radius 2 is 2.04 bits per heavy atom. The van der Waals surface area contributed by atoms with Crippen molar-refractivity contribution >= 4 is 49.0 Å². The average Bonchev–Trinajstić information content (AvgIpc) is 2.64. The van der Waals surface area contributed by atoms with Gasteiger partial charge in [-0.25, -0.2) is 4.98 Å². The lowest BCUT2D eigenvalue weighted by Gasteiger charge is -2.09. The average molecular weight is 495 g/mol. The van der Waals surface area contributed by atoms with Gasteiger partial charge in [-0.05, 0) is 53.2 Å².